The van der Waals surface area contributed by atoms with Crippen LogP contribution in [0.5, 0.6) is 0 Å². The number of hydrogen-bond acceptors (Lipinski definition) is 3. The molecule has 1 atom stereocenters. The first-order valence-electron chi connectivity index (χ1n) is 3.78. The van der Waals surface area contributed by atoms with Crippen LogP contribution in [0.3, 0.4) is 0 Å². The van der Waals surface area contributed by atoms with Crippen LogP contribution in [0, 0.1) is 0 Å². The third kappa shape index (κ3) is 6.01. The van der Waals surface area contributed by atoms with Gasteiger partial charge in [0.05, 0.1) is 6.10 Å². The molecule has 3 nitrogen and oxygen atoms in total. The normalized spacial score (nSPS) is 13.5. The lowest BCUT2D eigenvalue weighted by Crippen LogP contribution is -2.06. The minimum atomic E-state index is -0.00319. The summed E-state index contributed by atoms with van der Waals surface area (Å²) >= 11 is 0. The van der Waals surface area contributed by atoms with E-state index < -0.39 is 0 Å². The van der Waals surface area contributed by atoms with Crippen molar-refractivity contribution in [3.05, 3.63) is 0 Å². The molecule has 0 aliphatic rings. The molecule has 0 heterocycles. The number of rotatable bonds is 6. The van der Waals surface area contributed by atoms with E-state index in [2.05, 4.69) is 16.8 Å². The lowest BCUT2D eigenvalue weighted by Gasteiger charge is -2.06. The summed E-state index contributed by atoms with van der Waals surface area (Å²) in [6.07, 6.45) is 4.47. The summed E-state index contributed by atoms with van der Waals surface area (Å²) in [5.41, 5.74) is 0. The second kappa shape index (κ2) is 6.99. The van der Waals surface area contributed by atoms with Gasteiger partial charge in [0.1, 0.15) is 0 Å². The summed E-state index contributed by atoms with van der Waals surface area (Å²) in [5.74, 6) is 0. The van der Waals surface area contributed by atoms with E-state index in [9.17, 15) is 0 Å². The molecule has 1 N–H and O–H groups in total. The highest BCUT2D eigenvalue weighted by atomic mass is 17.5. The summed E-state index contributed by atoms with van der Waals surface area (Å²) in [7, 11) is 0. The molecule has 1 unspecified atom stereocenters. The summed E-state index contributed by atoms with van der Waals surface area (Å²) in [5, 5.41) is 11.4. The Bertz CT molecular complexity index is 65.9. The first-order valence-corrected chi connectivity index (χ1v) is 3.78. The Morgan fingerprint density at radius 2 is 2.10 bits per heavy atom. The third-order valence-electron chi connectivity index (χ3n) is 1.42. The van der Waals surface area contributed by atoms with Crippen molar-refractivity contribution in [1.29, 1.82) is 0 Å². The van der Waals surface area contributed by atoms with E-state index in [1.807, 2.05) is 6.92 Å². The van der Waals surface area contributed by atoms with Gasteiger partial charge < -0.3 is 0 Å². The Hall–Kier alpha value is -0.120. The molecule has 0 aromatic heterocycles. The maximum Gasteiger partial charge on any atom is 0.0933 e. The van der Waals surface area contributed by atoms with Gasteiger partial charge in [-0.15, -0.1) is 0 Å². The standard InChI is InChI=1S/C7H16O3/c1-3-4-5-6-7(2)9-10-8/h7-8H,3-6H2,1-2H3. The molecule has 10 heavy (non-hydrogen) atoms. The fraction of sp³-hybridized carbons (Fsp3) is 1.00. The molecule has 0 aromatic carbocycles. The van der Waals surface area contributed by atoms with Crippen molar-refractivity contribution in [2.24, 2.45) is 0 Å². The zero-order chi connectivity index (χ0) is 7.82. The van der Waals surface area contributed by atoms with E-state index in [4.69, 9.17) is 5.26 Å². The lowest BCUT2D eigenvalue weighted by atomic mass is 10.1. The molecule has 0 aliphatic carbocycles. The van der Waals surface area contributed by atoms with Gasteiger partial charge in [0.2, 0.25) is 0 Å². The van der Waals surface area contributed by atoms with Gasteiger partial charge in [0.25, 0.3) is 0 Å². The molecule has 0 spiro atoms. The van der Waals surface area contributed by atoms with Crippen LogP contribution in [0.2, 0.25) is 0 Å². The summed E-state index contributed by atoms with van der Waals surface area (Å²) in [6, 6.07) is 0. The van der Waals surface area contributed by atoms with Crippen LogP contribution in [0.25, 0.3) is 0 Å². The molecule has 0 fully saturated rings. The largest absolute Gasteiger partial charge is 0.221 e. The van der Waals surface area contributed by atoms with Crippen molar-refractivity contribution in [2.45, 2.75) is 45.6 Å². The summed E-state index contributed by atoms with van der Waals surface area (Å²) < 4.78 is 0. The SMILES string of the molecule is CCCCCC(C)OOO. The van der Waals surface area contributed by atoms with E-state index in [0.29, 0.717) is 0 Å². The smallest absolute Gasteiger partial charge is 0.0933 e. The Kier molecular flexibility index (Phi) is 6.91. The van der Waals surface area contributed by atoms with E-state index >= 15 is 0 Å². The van der Waals surface area contributed by atoms with Crippen molar-refractivity contribution in [1.82, 2.24) is 0 Å². The first-order chi connectivity index (χ1) is 4.81. The second-order valence-electron chi connectivity index (χ2n) is 2.48. The average molecular weight is 148 g/mol. The van der Waals surface area contributed by atoms with Crippen LogP contribution in [0.1, 0.15) is 39.5 Å². The molecular weight excluding hydrogens is 132 g/mol. The fourth-order valence-electron chi connectivity index (χ4n) is 0.803. The summed E-state index contributed by atoms with van der Waals surface area (Å²) in [6.45, 7) is 4.01. The predicted octanol–water partition coefficient (Wildman–Crippen LogP) is 2.38. The minimum absolute atomic E-state index is 0.00319. The maximum absolute atomic E-state index is 7.87. The van der Waals surface area contributed by atoms with Gasteiger partial charge in [0, 0.05) is 0 Å². The van der Waals surface area contributed by atoms with E-state index in [1.54, 1.807) is 0 Å². The van der Waals surface area contributed by atoms with Crippen LogP contribution in [0.15, 0.2) is 0 Å². The fourth-order valence-corrected chi connectivity index (χ4v) is 0.803. The Morgan fingerprint density at radius 1 is 1.40 bits per heavy atom. The second-order valence-corrected chi connectivity index (χ2v) is 2.48. The average Bonchev–Trinajstić information content (AvgIpc) is 1.89. The Labute approximate surface area is 61.8 Å². The van der Waals surface area contributed by atoms with E-state index in [-0.39, 0.29) is 6.10 Å². The molecule has 0 aromatic rings. The number of hydrogen-bond donors (Lipinski definition) is 1. The first kappa shape index (κ1) is 9.88. The van der Waals surface area contributed by atoms with Crippen LogP contribution < -0.4 is 0 Å². The van der Waals surface area contributed by atoms with Crippen molar-refractivity contribution < 1.29 is 15.2 Å². The molecule has 62 valence electrons. The van der Waals surface area contributed by atoms with E-state index in [1.165, 1.54) is 12.8 Å². The van der Waals surface area contributed by atoms with Gasteiger partial charge in [-0.05, 0) is 13.3 Å². The van der Waals surface area contributed by atoms with Crippen molar-refractivity contribution in [2.75, 3.05) is 0 Å². The molecule has 0 saturated heterocycles. The van der Waals surface area contributed by atoms with E-state index in [0.717, 1.165) is 12.8 Å². The van der Waals surface area contributed by atoms with Gasteiger partial charge in [-0.1, -0.05) is 31.2 Å². The Balaban J connectivity index is 2.97. The quantitative estimate of drug-likeness (QED) is 0.357. The van der Waals surface area contributed by atoms with Crippen molar-refractivity contribution in [3.63, 3.8) is 0 Å². The van der Waals surface area contributed by atoms with Gasteiger partial charge in [-0.2, -0.15) is 0 Å². The summed E-state index contributed by atoms with van der Waals surface area (Å²) in [4.78, 5) is 4.44. The molecular formula is C7H16O3. The van der Waals surface area contributed by atoms with Gasteiger partial charge in [0.15, 0.2) is 0 Å². The molecule has 3 heteroatoms. The van der Waals surface area contributed by atoms with Crippen LogP contribution in [-0.2, 0) is 9.93 Å². The third-order valence-corrected chi connectivity index (χ3v) is 1.42. The van der Waals surface area contributed by atoms with Gasteiger partial charge >= 0.3 is 0 Å². The maximum atomic E-state index is 7.87. The molecule has 0 saturated carbocycles. The minimum Gasteiger partial charge on any atom is -0.221 e. The highest BCUT2D eigenvalue weighted by molar-refractivity contribution is 4.47. The lowest BCUT2D eigenvalue weighted by molar-refractivity contribution is -0.504. The Morgan fingerprint density at radius 3 is 2.60 bits per heavy atom. The molecule has 0 radical (unpaired) electrons. The van der Waals surface area contributed by atoms with Gasteiger partial charge in [-0.25, -0.2) is 10.1 Å². The predicted molar refractivity (Wildman–Crippen MR) is 38.4 cm³/mol. The van der Waals surface area contributed by atoms with Crippen molar-refractivity contribution >= 4 is 0 Å². The zero-order valence-corrected chi connectivity index (χ0v) is 6.67. The zero-order valence-electron chi connectivity index (χ0n) is 6.67. The van der Waals surface area contributed by atoms with Crippen LogP contribution in [-0.4, -0.2) is 11.4 Å². The molecule has 0 aliphatic heterocycles. The monoisotopic (exact) mass is 148 g/mol. The highest BCUT2D eigenvalue weighted by Crippen LogP contribution is 2.05. The van der Waals surface area contributed by atoms with Crippen molar-refractivity contribution in [3.8, 4) is 0 Å². The molecule has 0 amide bonds. The topological polar surface area (TPSA) is 38.7 Å². The highest BCUT2D eigenvalue weighted by Gasteiger charge is 2.00. The molecule has 0 bridgehead atoms. The van der Waals surface area contributed by atoms with Gasteiger partial charge in [-0.3, -0.25) is 0 Å². The van der Waals surface area contributed by atoms with Crippen LogP contribution in [0.4, 0.5) is 0 Å². The number of unbranched alkanes of at least 4 members (excludes halogenated alkanes) is 2. The van der Waals surface area contributed by atoms with Crippen LogP contribution >= 0.6 is 0 Å². The molecule has 0 rings (SSSR count).